The number of carbonyl (C=O) groups is 3. The van der Waals surface area contributed by atoms with Gasteiger partial charge in [0.1, 0.15) is 28.8 Å². The summed E-state index contributed by atoms with van der Waals surface area (Å²) in [5, 5.41) is 0. The lowest BCUT2D eigenvalue weighted by molar-refractivity contribution is -0.765. The van der Waals surface area contributed by atoms with Crippen LogP contribution in [-0.4, -0.2) is 41.8 Å². The summed E-state index contributed by atoms with van der Waals surface area (Å²) >= 11 is 0. The second-order valence-electron chi connectivity index (χ2n) is 17.0. The maximum absolute atomic E-state index is 13.7. The van der Waals surface area contributed by atoms with E-state index in [1.54, 1.807) is 29.1 Å². The fourth-order valence-electron chi connectivity index (χ4n) is 8.26. The number of hydrogen-bond donors (Lipinski definition) is 0. The van der Waals surface area contributed by atoms with Gasteiger partial charge in [0, 0.05) is 25.5 Å². The standard InChI is InChI=1S/C45H68NO8/c1-12-38-41(50-34(9)47)42(51-35(10)48)43(52-38)46-26-16-22-36(27-46)44(49)53-39-31(6)32(7)40-37(33(39)8)23-25-45(11,54-40)24-15-21-30(5)20-14-19-29(4)18-13-17-28(2)3/h16,22,26-30,38,41-43H,12-15,17-21,23-25H2,1-11H3/q+1/t29-,30-,38?,41?,42?,43?,45-/m1/s1. The second-order valence-corrected chi connectivity index (χ2v) is 17.0. The summed E-state index contributed by atoms with van der Waals surface area (Å²) in [5.41, 5.74) is 3.97. The van der Waals surface area contributed by atoms with Crippen LogP contribution in [0.5, 0.6) is 11.5 Å². The van der Waals surface area contributed by atoms with Crippen molar-refractivity contribution in [2.24, 2.45) is 17.8 Å². The number of aromatic nitrogens is 1. The average molecular weight is 751 g/mol. The number of fused-ring (bicyclic) bond motifs is 1. The molecule has 9 heteroatoms. The quantitative estimate of drug-likeness (QED) is 0.0844. The normalized spacial score (nSPS) is 23.3. The monoisotopic (exact) mass is 750 g/mol. The molecule has 54 heavy (non-hydrogen) atoms. The summed E-state index contributed by atoms with van der Waals surface area (Å²) in [6, 6.07) is 3.39. The minimum atomic E-state index is -0.891. The molecule has 1 fully saturated rings. The lowest BCUT2D eigenvalue weighted by Gasteiger charge is -2.38. The molecule has 0 radical (unpaired) electrons. The molecular weight excluding hydrogens is 682 g/mol. The van der Waals surface area contributed by atoms with Crippen molar-refractivity contribution in [3.63, 3.8) is 0 Å². The molecule has 7 atom stereocenters. The molecule has 0 saturated carbocycles. The van der Waals surface area contributed by atoms with Gasteiger partial charge in [-0.15, -0.1) is 0 Å². The summed E-state index contributed by atoms with van der Waals surface area (Å²) < 4.78 is 32.0. The minimum Gasteiger partial charge on any atom is -0.487 e. The van der Waals surface area contributed by atoms with Crippen LogP contribution >= 0.6 is 0 Å². The van der Waals surface area contributed by atoms with Crippen molar-refractivity contribution in [3.8, 4) is 11.5 Å². The van der Waals surface area contributed by atoms with E-state index in [1.807, 2.05) is 20.8 Å². The molecule has 1 aromatic carbocycles. The Morgan fingerprint density at radius 1 is 0.870 bits per heavy atom. The molecule has 2 aliphatic rings. The molecule has 4 rings (SSSR count). The highest BCUT2D eigenvalue weighted by Crippen LogP contribution is 2.45. The molecule has 0 bridgehead atoms. The first-order chi connectivity index (χ1) is 25.5. The van der Waals surface area contributed by atoms with E-state index in [0.29, 0.717) is 17.7 Å². The molecule has 1 aromatic heterocycles. The number of benzene rings is 1. The van der Waals surface area contributed by atoms with Gasteiger partial charge in [-0.05, 0) is 100 Å². The van der Waals surface area contributed by atoms with Crippen molar-refractivity contribution < 1.29 is 42.6 Å². The van der Waals surface area contributed by atoms with Gasteiger partial charge in [-0.1, -0.05) is 79.6 Å². The van der Waals surface area contributed by atoms with Crippen molar-refractivity contribution in [2.45, 2.75) is 183 Å². The summed E-state index contributed by atoms with van der Waals surface area (Å²) in [6.07, 6.45) is 14.1. The van der Waals surface area contributed by atoms with E-state index < -0.39 is 42.4 Å². The highest BCUT2D eigenvalue weighted by Gasteiger charge is 2.53. The predicted molar refractivity (Wildman–Crippen MR) is 210 cm³/mol. The van der Waals surface area contributed by atoms with Crippen LogP contribution in [0.4, 0.5) is 0 Å². The molecule has 0 aliphatic carbocycles. The number of esters is 3. The molecule has 0 amide bonds. The van der Waals surface area contributed by atoms with Crippen LogP contribution in [0.3, 0.4) is 0 Å². The lowest BCUT2D eigenvalue weighted by atomic mass is 9.83. The minimum absolute atomic E-state index is 0.228. The largest absolute Gasteiger partial charge is 0.487 e. The fraction of sp³-hybridized carbons (Fsp3) is 0.689. The van der Waals surface area contributed by atoms with E-state index in [-0.39, 0.29) is 5.60 Å². The van der Waals surface area contributed by atoms with E-state index in [2.05, 4.69) is 41.5 Å². The highest BCUT2D eigenvalue weighted by molar-refractivity contribution is 5.91. The Morgan fingerprint density at radius 2 is 1.48 bits per heavy atom. The van der Waals surface area contributed by atoms with Crippen molar-refractivity contribution in [3.05, 3.63) is 52.3 Å². The van der Waals surface area contributed by atoms with Gasteiger partial charge in [0.25, 0.3) is 0 Å². The first-order valence-corrected chi connectivity index (χ1v) is 20.6. The number of pyridine rings is 1. The van der Waals surface area contributed by atoms with Gasteiger partial charge >= 0.3 is 24.1 Å². The third kappa shape index (κ3) is 11.3. The molecule has 1 saturated heterocycles. The molecule has 2 aromatic rings. The van der Waals surface area contributed by atoms with E-state index in [0.717, 1.165) is 71.4 Å². The fourth-order valence-corrected chi connectivity index (χ4v) is 8.26. The molecule has 0 spiro atoms. The average Bonchev–Trinajstić information content (AvgIpc) is 3.44. The maximum atomic E-state index is 13.7. The van der Waals surface area contributed by atoms with E-state index in [9.17, 15) is 14.4 Å². The van der Waals surface area contributed by atoms with Crippen LogP contribution in [0, 0.1) is 38.5 Å². The van der Waals surface area contributed by atoms with Gasteiger partial charge < -0.3 is 23.7 Å². The van der Waals surface area contributed by atoms with Gasteiger partial charge in [0.2, 0.25) is 6.10 Å². The Labute approximate surface area is 324 Å². The van der Waals surface area contributed by atoms with Gasteiger partial charge in [-0.3, -0.25) is 9.59 Å². The smallest absolute Gasteiger partial charge is 0.349 e. The Morgan fingerprint density at radius 3 is 2.09 bits per heavy atom. The summed E-state index contributed by atoms with van der Waals surface area (Å²) in [4.78, 5) is 37.7. The van der Waals surface area contributed by atoms with Crippen LogP contribution in [0.25, 0.3) is 0 Å². The Bertz CT molecular complexity index is 1600. The van der Waals surface area contributed by atoms with Crippen LogP contribution in [0.15, 0.2) is 24.5 Å². The number of hydrogen-bond acceptors (Lipinski definition) is 8. The van der Waals surface area contributed by atoms with Crippen molar-refractivity contribution in [1.29, 1.82) is 0 Å². The topological polar surface area (TPSA) is 101 Å². The van der Waals surface area contributed by atoms with Crippen molar-refractivity contribution >= 4 is 17.9 Å². The van der Waals surface area contributed by atoms with Crippen LogP contribution in [0.1, 0.15) is 165 Å². The third-order valence-corrected chi connectivity index (χ3v) is 11.7. The molecular formula is C45H68NO8+. The highest BCUT2D eigenvalue weighted by atomic mass is 16.6. The van der Waals surface area contributed by atoms with Gasteiger partial charge in [0.15, 0.2) is 18.5 Å². The molecule has 300 valence electrons. The zero-order valence-corrected chi connectivity index (χ0v) is 35.0. The zero-order chi connectivity index (χ0) is 39.7. The van der Waals surface area contributed by atoms with Crippen LogP contribution in [-0.2, 0) is 30.2 Å². The number of rotatable bonds is 18. The van der Waals surface area contributed by atoms with E-state index in [1.165, 1.54) is 58.8 Å². The van der Waals surface area contributed by atoms with Crippen molar-refractivity contribution in [2.75, 3.05) is 0 Å². The number of carbonyl (C=O) groups excluding carboxylic acids is 3. The Kier molecular flexibility index (Phi) is 15.6. The van der Waals surface area contributed by atoms with Gasteiger partial charge in [-0.2, -0.15) is 4.57 Å². The van der Waals surface area contributed by atoms with Gasteiger partial charge in [0.05, 0.1) is 0 Å². The zero-order valence-electron chi connectivity index (χ0n) is 35.0. The molecule has 2 aliphatic heterocycles. The SMILES string of the molecule is CCC1OC([n+]2cccc(C(=O)Oc3c(C)c(C)c4c(c3C)CC[C@@](C)(CCC[C@H](C)CCC[C@H](C)CCCC(C)C)O4)c2)C(OC(C)=O)C1OC(C)=O. The third-order valence-electron chi connectivity index (χ3n) is 11.7. The maximum Gasteiger partial charge on any atom is 0.349 e. The summed E-state index contributed by atoms with van der Waals surface area (Å²) in [5.74, 6) is 2.31. The summed E-state index contributed by atoms with van der Waals surface area (Å²) in [7, 11) is 0. The number of nitrogens with zero attached hydrogens (tertiary/aromatic N) is 1. The van der Waals surface area contributed by atoms with Crippen molar-refractivity contribution in [1.82, 2.24) is 0 Å². The second kappa shape index (κ2) is 19.4. The first kappa shape index (κ1) is 43.3. The predicted octanol–water partition coefficient (Wildman–Crippen LogP) is 9.81. The van der Waals surface area contributed by atoms with Crippen LogP contribution < -0.4 is 14.0 Å². The first-order valence-electron chi connectivity index (χ1n) is 20.6. The Balaban J connectivity index is 1.39. The lowest BCUT2D eigenvalue weighted by Crippen LogP contribution is -2.48. The van der Waals surface area contributed by atoms with Crippen LogP contribution in [0.2, 0.25) is 0 Å². The molecule has 9 nitrogen and oxygen atoms in total. The Hall–Kier alpha value is -3.46. The molecule has 4 unspecified atom stereocenters. The summed E-state index contributed by atoms with van der Waals surface area (Å²) in [6.45, 7) is 22.3. The van der Waals surface area contributed by atoms with E-state index >= 15 is 0 Å². The van der Waals surface area contributed by atoms with Gasteiger partial charge in [-0.25, -0.2) is 4.79 Å². The van der Waals surface area contributed by atoms with E-state index in [4.69, 9.17) is 23.7 Å². The molecule has 0 N–H and O–H groups in total. The number of ether oxygens (including phenoxy) is 5. The molecule has 3 heterocycles.